The molecule has 0 aliphatic heterocycles. The van der Waals surface area contributed by atoms with E-state index in [0.29, 0.717) is 16.8 Å². The molecule has 3 aromatic rings. The zero-order valence-electron chi connectivity index (χ0n) is 13.3. The third-order valence-electron chi connectivity index (χ3n) is 3.89. The number of rotatable bonds is 3. The number of hydrogen-bond acceptors (Lipinski definition) is 2. The molecule has 3 aromatic carbocycles. The van der Waals surface area contributed by atoms with Crippen molar-refractivity contribution in [3.8, 4) is 12.1 Å². The SMILES string of the molecule is [C-]#[N+]c1ccc([NH+](c2ccc(C#N)cc2)c2ccc(C#N)cc2)cc1. The maximum atomic E-state index is 9.00. The molecular formula is C21H13N4+. The lowest BCUT2D eigenvalue weighted by atomic mass is 10.1. The molecule has 0 heterocycles. The van der Waals surface area contributed by atoms with Gasteiger partial charge in [-0.15, -0.1) is 0 Å². The Morgan fingerprint density at radius 2 is 1.00 bits per heavy atom. The standard InChI is InChI=1S/C21H12N4/c1-24-18-6-12-21(13-7-18)25(19-8-2-16(14-22)3-9-19)20-10-4-17(15-23)5-11-20/h2-13H/p+1. The fourth-order valence-corrected chi connectivity index (χ4v) is 2.63. The molecule has 0 fully saturated rings. The van der Waals surface area contributed by atoms with E-state index in [9.17, 15) is 0 Å². The van der Waals surface area contributed by atoms with Crippen molar-refractivity contribution in [1.82, 2.24) is 0 Å². The summed E-state index contributed by atoms with van der Waals surface area (Å²) in [6.45, 7) is 7.10. The number of nitrogens with zero attached hydrogens (tertiary/aromatic N) is 3. The van der Waals surface area contributed by atoms with Crippen molar-refractivity contribution in [2.75, 3.05) is 0 Å². The van der Waals surface area contributed by atoms with E-state index in [1.54, 1.807) is 36.4 Å². The van der Waals surface area contributed by atoms with E-state index in [1.165, 1.54) is 0 Å². The van der Waals surface area contributed by atoms with Crippen LogP contribution in [0.15, 0.2) is 72.8 Å². The lowest BCUT2D eigenvalue weighted by Crippen LogP contribution is -2.96. The van der Waals surface area contributed by atoms with Gasteiger partial charge >= 0.3 is 0 Å². The molecule has 0 saturated heterocycles. The fourth-order valence-electron chi connectivity index (χ4n) is 2.63. The van der Waals surface area contributed by atoms with Gasteiger partial charge in [-0.3, -0.25) is 0 Å². The second kappa shape index (κ2) is 7.11. The molecule has 0 aliphatic carbocycles. The highest BCUT2D eigenvalue weighted by atomic mass is 15.1. The van der Waals surface area contributed by atoms with Gasteiger partial charge in [-0.2, -0.15) is 10.5 Å². The van der Waals surface area contributed by atoms with Gasteiger partial charge in [0.05, 0.1) is 29.8 Å². The first kappa shape index (κ1) is 16.0. The normalized spacial score (nSPS) is 9.84. The number of hydrogen-bond donors (Lipinski definition) is 1. The van der Waals surface area contributed by atoms with Crippen LogP contribution < -0.4 is 4.90 Å². The van der Waals surface area contributed by atoms with Gasteiger partial charge in [0.1, 0.15) is 17.1 Å². The molecule has 0 amide bonds. The van der Waals surface area contributed by atoms with Crippen molar-refractivity contribution >= 4 is 22.7 Å². The molecule has 0 aliphatic rings. The fraction of sp³-hybridized carbons (Fsp3) is 0. The average Bonchev–Trinajstić information content (AvgIpc) is 2.70. The average molecular weight is 321 g/mol. The summed E-state index contributed by atoms with van der Waals surface area (Å²) in [6.07, 6.45) is 0. The highest BCUT2D eigenvalue weighted by molar-refractivity contribution is 5.53. The maximum absolute atomic E-state index is 9.00. The summed E-state index contributed by atoms with van der Waals surface area (Å²) in [4.78, 5) is 4.42. The summed E-state index contributed by atoms with van der Waals surface area (Å²) in [7, 11) is 0. The van der Waals surface area contributed by atoms with Gasteiger partial charge in [-0.1, -0.05) is 12.1 Å². The van der Waals surface area contributed by atoms with Gasteiger partial charge in [0.15, 0.2) is 5.69 Å². The van der Waals surface area contributed by atoms with Crippen LogP contribution in [-0.4, -0.2) is 0 Å². The Balaban J connectivity index is 2.10. The van der Waals surface area contributed by atoms with Crippen LogP contribution in [-0.2, 0) is 0 Å². The molecule has 1 N–H and O–H groups in total. The highest BCUT2D eigenvalue weighted by Crippen LogP contribution is 2.19. The Morgan fingerprint density at radius 1 is 0.640 bits per heavy atom. The molecule has 0 saturated carbocycles. The molecule has 116 valence electrons. The van der Waals surface area contributed by atoms with Crippen LogP contribution >= 0.6 is 0 Å². The second-order valence-electron chi connectivity index (χ2n) is 5.41. The summed E-state index contributed by atoms with van der Waals surface area (Å²) in [6, 6.07) is 26.4. The maximum Gasteiger partial charge on any atom is 0.187 e. The predicted octanol–water partition coefficient (Wildman–Crippen LogP) is 4.16. The highest BCUT2D eigenvalue weighted by Gasteiger charge is 2.19. The summed E-state index contributed by atoms with van der Waals surface area (Å²) in [5.41, 5.74) is 4.71. The molecule has 25 heavy (non-hydrogen) atoms. The smallest absolute Gasteiger partial charge is 0.187 e. The molecule has 0 radical (unpaired) electrons. The quantitative estimate of drug-likeness (QED) is 0.736. The molecule has 0 unspecified atom stereocenters. The van der Waals surface area contributed by atoms with E-state index < -0.39 is 0 Å². The summed E-state index contributed by atoms with van der Waals surface area (Å²) in [5.74, 6) is 0. The van der Waals surface area contributed by atoms with Gasteiger partial charge in [0, 0.05) is 24.3 Å². The summed E-state index contributed by atoms with van der Waals surface area (Å²) >= 11 is 0. The molecule has 4 heteroatoms. The van der Waals surface area contributed by atoms with Gasteiger partial charge in [-0.25, -0.2) is 9.74 Å². The van der Waals surface area contributed by atoms with Crippen molar-refractivity contribution in [2.45, 2.75) is 0 Å². The van der Waals surface area contributed by atoms with E-state index in [-0.39, 0.29) is 0 Å². The van der Waals surface area contributed by atoms with Crippen molar-refractivity contribution in [2.24, 2.45) is 0 Å². The monoisotopic (exact) mass is 321 g/mol. The van der Waals surface area contributed by atoms with E-state index in [2.05, 4.69) is 17.0 Å². The first-order valence-corrected chi connectivity index (χ1v) is 7.61. The molecule has 0 atom stereocenters. The molecular weight excluding hydrogens is 308 g/mol. The predicted molar refractivity (Wildman–Crippen MR) is 95.0 cm³/mol. The van der Waals surface area contributed by atoms with Crippen molar-refractivity contribution in [3.05, 3.63) is 95.3 Å². The van der Waals surface area contributed by atoms with E-state index in [1.807, 2.05) is 36.4 Å². The topological polar surface area (TPSA) is 56.4 Å². The van der Waals surface area contributed by atoms with Crippen molar-refractivity contribution < 1.29 is 4.90 Å². The number of benzene rings is 3. The minimum Gasteiger partial charge on any atom is -0.238 e. The van der Waals surface area contributed by atoms with Crippen LogP contribution in [0.3, 0.4) is 0 Å². The minimum atomic E-state index is 0.586. The molecule has 3 rings (SSSR count). The summed E-state index contributed by atoms with van der Waals surface area (Å²) in [5, 5.41) is 18.0. The van der Waals surface area contributed by atoms with Crippen LogP contribution in [0, 0.1) is 29.2 Å². The first-order valence-electron chi connectivity index (χ1n) is 7.61. The lowest BCUT2D eigenvalue weighted by Gasteiger charge is -2.18. The largest absolute Gasteiger partial charge is 0.238 e. The van der Waals surface area contributed by atoms with Crippen LogP contribution in [0.4, 0.5) is 22.7 Å². The van der Waals surface area contributed by atoms with Gasteiger partial charge in [-0.05, 0) is 36.4 Å². The van der Waals surface area contributed by atoms with Gasteiger partial charge in [0.25, 0.3) is 0 Å². The van der Waals surface area contributed by atoms with Crippen LogP contribution in [0.1, 0.15) is 11.1 Å². The second-order valence-corrected chi connectivity index (χ2v) is 5.41. The number of nitriles is 2. The Morgan fingerprint density at radius 3 is 1.32 bits per heavy atom. The van der Waals surface area contributed by atoms with Crippen LogP contribution in [0.25, 0.3) is 4.85 Å². The Labute approximate surface area is 146 Å². The molecule has 4 nitrogen and oxygen atoms in total. The molecule has 0 bridgehead atoms. The zero-order chi connectivity index (χ0) is 17.6. The van der Waals surface area contributed by atoms with E-state index >= 15 is 0 Å². The van der Waals surface area contributed by atoms with Gasteiger partial charge in [0.2, 0.25) is 0 Å². The van der Waals surface area contributed by atoms with Gasteiger partial charge < -0.3 is 0 Å². The Bertz CT molecular complexity index is 860. The van der Waals surface area contributed by atoms with E-state index in [0.717, 1.165) is 22.0 Å². The first-order chi connectivity index (χ1) is 12.2. The lowest BCUT2D eigenvalue weighted by molar-refractivity contribution is -0.681. The summed E-state index contributed by atoms with van der Waals surface area (Å²) < 4.78 is 0. The molecule has 0 spiro atoms. The molecule has 0 aromatic heterocycles. The number of quaternary nitrogens is 1. The van der Waals surface area contributed by atoms with Crippen molar-refractivity contribution in [3.63, 3.8) is 0 Å². The third kappa shape index (κ3) is 3.38. The minimum absolute atomic E-state index is 0.586. The van der Waals surface area contributed by atoms with Crippen LogP contribution in [0.5, 0.6) is 0 Å². The number of nitrogens with one attached hydrogen (secondary N) is 1. The van der Waals surface area contributed by atoms with Crippen molar-refractivity contribution in [1.29, 1.82) is 10.5 Å². The van der Waals surface area contributed by atoms with E-state index in [4.69, 9.17) is 17.1 Å². The third-order valence-corrected chi connectivity index (χ3v) is 3.89. The Hall–Kier alpha value is -3.91. The Kier molecular flexibility index (Phi) is 4.54. The zero-order valence-corrected chi connectivity index (χ0v) is 13.3. The van der Waals surface area contributed by atoms with Crippen LogP contribution in [0.2, 0.25) is 0 Å².